The predicted molar refractivity (Wildman–Crippen MR) is 133 cm³/mol. The Kier molecular flexibility index (Phi) is 11.0. The van der Waals surface area contributed by atoms with Crippen molar-refractivity contribution >= 4 is 23.5 Å². The summed E-state index contributed by atoms with van der Waals surface area (Å²) in [5.74, 6) is 1.18. The smallest absolute Gasteiger partial charge is 0.239 e. The molecule has 0 radical (unpaired) electrons. The second-order valence-corrected chi connectivity index (χ2v) is 8.98. The Hall–Kier alpha value is -2.77. The fraction of sp³-hybridized carbons (Fsp3) is 0.640. The van der Waals surface area contributed by atoms with Gasteiger partial charge in [0.05, 0.1) is 18.8 Å². The number of fused-ring (bicyclic) bond motifs is 1. The number of aliphatic imine (C=N–C) groups is 1. The molecule has 33 heavy (non-hydrogen) atoms. The highest BCUT2D eigenvalue weighted by molar-refractivity contribution is 5.89. The second kappa shape index (κ2) is 13.7. The van der Waals surface area contributed by atoms with Crippen LogP contribution in [0.3, 0.4) is 0 Å². The summed E-state index contributed by atoms with van der Waals surface area (Å²) in [6, 6.07) is 5.77. The first-order valence-corrected chi connectivity index (χ1v) is 12.2. The van der Waals surface area contributed by atoms with Crippen molar-refractivity contribution in [1.82, 2.24) is 15.1 Å². The number of guanidine groups is 1. The van der Waals surface area contributed by atoms with E-state index in [4.69, 9.17) is 10.5 Å². The summed E-state index contributed by atoms with van der Waals surface area (Å²) in [6.07, 6.45) is 6.81. The number of nitrogens with one attached hydrogen (secondary N) is 1. The maximum absolute atomic E-state index is 12.3. The molecule has 2 rings (SSSR count). The Labute approximate surface area is 198 Å². The van der Waals surface area contributed by atoms with Crippen LogP contribution in [0.2, 0.25) is 0 Å². The molecule has 0 bridgehead atoms. The lowest BCUT2D eigenvalue weighted by atomic mass is 10.1. The van der Waals surface area contributed by atoms with Crippen LogP contribution in [0.5, 0.6) is 5.75 Å². The molecule has 1 aromatic carbocycles. The molecule has 3 N–H and O–H groups in total. The molecule has 0 atom stereocenters. The van der Waals surface area contributed by atoms with E-state index in [1.165, 1.54) is 19.3 Å². The van der Waals surface area contributed by atoms with Crippen LogP contribution < -0.4 is 15.8 Å². The van der Waals surface area contributed by atoms with Crippen LogP contribution in [0.15, 0.2) is 23.2 Å². The average Bonchev–Trinajstić information content (AvgIpc) is 2.76. The predicted octanol–water partition coefficient (Wildman–Crippen LogP) is 3.56. The number of benzene rings is 1. The zero-order valence-corrected chi connectivity index (χ0v) is 20.7. The Bertz CT molecular complexity index is 809. The zero-order chi connectivity index (χ0) is 24.2. The van der Waals surface area contributed by atoms with Crippen molar-refractivity contribution < 1.29 is 14.3 Å². The number of hydrogen-bond donors (Lipinski definition) is 2. The molecule has 1 aliphatic heterocycles. The summed E-state index contributed by atoms with van der Waals surface area (Å²) in [4.78, 5) is 32.5. The van der Waals surface area contributed by atoms with Gasteiger partial charge in [0, 0.05) is 31.6 Å². The van der Waals surface area contributed by atoms with E-state index in [1.807, 2.05) is 44.0 Å². The van der Waals surface area contributed by atoms with Gasteiger partial charge >= 0.3 is 0 Å². The number of carbonyl (C=O) groups excluding carboxylic acids is 2. The van der Waals surface area contributed by atoms with E-state index in [-0.39, 0.29) is 24.4 Å². The quantitative estimate of drug-likeness (QED) is 0.414. The van der Waals surface area contributed by atoms with Crippen molar-refractivity contribution in [2.75, 3.05) is 26.7 Å². The average molecular weight is 460 g/mol. The van der Waals surface area contributed by atoms with E-state index in [0.29, 0.717) is 25.5 Å². The van der Waals surface area contributed by atoms with E-state index in [9.17, 15) is 9.59 Å². The van der Waals surface area contributed by atoms with Crippen molar-refractivity contribution in [3.05, 3.63) is 23.8 Å². The lowest BCUT2D eigenvalue weighted by molar-refractivity contribution is -0.130. The first-order valence-electron chi connectivity index (χ1n) is 12.2. The van der Waals surface area contributed by atoms with Gasteiger partial charge in [0.2, 0.25) is 11.8 Å². The molecular formula is C25H41N5O3. The van der Waals surface area contributed by atoms with E-state index in [2.05, 4.69) is 17.2 Å². The largest absolute Gasteiger partial charge is 0.493 e. The monoisotopic (exact) mass is 459 g/mol. The van der Waals surface area contributed by atoms with Crippen molar-refractivity contribution in [1.29, 1.82) is 0 Å². The van der Waals surface area contributed by atoms with Gasteiger partial charge in [0.15, 0.2) is 5.96 Å². The van der Waals surface area contributed by atoms with Gasteiger partial charge in [-0.05, 0) is 45.2 Å². The first-order chi connectivity index (χ1) is 15.8. The number of nitrogens with zero attached hydrogens (tertiary/aromatic N) is 3. The highest BCUT2D eigenvalue weighted by Crippen LogP contribution is 2.33. The number of nitrogens with two attached hydrogens (primary N) is 1. The topological polar surface area (TPSA) is 100 Å². The van der Waals surface area contributed by atoms with Crippen LogP contribution in [-0.4, -0.2) is 60.4 Å². The third kappa shape index (κ3) is 8.94. The second-order valence-electron chi connectivity index (χ2n) is 8.98. The van der Waals surface area contributed by atoms with Crippen molar-refractivity contribution in [2.45, 2.75) is 78.3 Å². The van der Waals surface area contributed by atoms with E-state index in [0.717, 1.165) is 42.8 Å². The number of unbranched alkanes of at least 4 members (excludes halogenated alkanes) is 4. The minimum absolute atomic E-state index is 0.0689. The van der Waals surface area contributed by atoms with Crippen molar-refractivity contribution in [3.8, 4) is 5.75 Å². The van der Waals surface area contributed by atoms with E-state index < -0.39 is 0 Å². The maximum atomic E-state index is 12.3. The van der Waals surface area contributed by atoms with Gasteiger partial charge in [-0.15, -0.1) is 0 Å². The molecule has 0 aromatic heterocycles. The molecule has 0 saturated heterocycles. The van der Waals surface area contributed by atoms with Gasteiger partial charge in [0.25, 0.3) is 0 Å². The van der Waals surface area contributed by atoms with Gasteiger partial charge in [-0.1, -0.05) is 32.3 Å². The van der Waals surface area contributed by atoms with Gasteiger partial charge in [-0.2, -0.15) is 0 Å². The maximum Gasteiger partial charge on any atom is 0.239 e. The molecule has 0 spiro atoms. The van der Waals surface area contributed by atoms with Crippen LogP contribution >= 0.6 is 0 Å². The van der Waals surface area contributed by atoms with Gasteiger partial charge in [0.1, 0.15) is 12.3 Å². The van der Waals surface area contributed by atoms with Crippen LogP contribution in [0.1, 0.15) is 71.3 Å². The van der Waals surface area contributed by atoms with E-state index in [1.54, 1.807) is 4.90 Å². The molecule has 0 saturated carbocycles. The first kappa shape index (κ1) is 26.5. The Morgan fingerprint density at radius 2 is 2.00 bits per heavy atom. The normalized spacial score (nSPS) is 12.9. The molecule has 0 aliphatic carbocycles. The molecule has 1 heterocycles. The molecule has 8 nitrogen and oxygen atoms in total. The minimum atomic E-state index is -0.0926. The highest BCUT2D eigenvalue weighted by Gasteiger charge is 2.23. The molecule has 1 aliphatic rings. The summed E-state index contributed by atoms with van der Waals surface area (Å²) < 4.78 is 6.03. The number of ether oxygens (including phenoxy) is 1. The summed E-state index contributed by atoms with van der Waals surface area (Å²) in [7, 11) is 1.89. The fourth-order valence-electron chi connectivity index (χ4n) is 3.75. The third-order valence-electron chi connectivity index (χ3n) is 5.62. The van der Waals surface area contributed by atoms with Gasteiger partial charge < -0.3 is 25.6 Å². The SMILES string of the molecule is CCCCCCN(C)C(=O)CCCCOc1cccc2c1CN(CC(=O)NC(C)C)C(N)=N2. The van der Waals surface area contributed by atoms with Crippen LogP contribution in [0, 0.1) is 0 Å². The van der Waals surface area contributed by atoms with Crippen LogP contribution in [-0.2, 0) is 16.1 Å². The number of hydrogen-bond acceptors (Lipinski definition) is 6. The Morgan fingerprint density at radius 1 is 1.21 bits per heavy atom. The molecule has 0 fully saturated rings. The van der Waals surface area contributed by atoms with Gasteiger partial charge in [-0.25, -0.2) is 4.99 Å². The Morgan fingerprint density at radius 3 is 2.73 bits per heavy atom. The summed E-state index contributed by atoms with van der Waals surface area (Å²) in [6.45, 7) is 8.01. The third-order valence-corrected chi connectivity index (χ3v) is 5.62. The highest BCUT2D eigenvalue weighted by atomic mass is 16.5. The molecule has 184 valence electrons. The van der Waals surface area contributed by atoms with Crippen LogP contribution in [0.25, 0.3) is 0 Å². The lowest BCUT2D eigenvalue weighted by Crippen LogP contribution is -2.46. The lowest BCUT2D eigenvalue weighted by Gasteiger charge is -2.29. The number of carbonyl (C=O) groups is 2. The summed E-state index contributed by atoms with van der Waals surface area (Å²) >= 11 is 0. The molecular weight excluding hydrogens is 418 g/mol. The van der Waals surface area contributed by atoms with Gasteiger partial charge in [-0.3, -0.25) is 9.59 Å². The van der Waals surface area contributed by atoms with Crippen molar-refractivity contribution in [2.24, 2.45) is 10.7 Å². The summed E-state index contributed by atoms with van der Waals surface area (Å²) in [5, 5.41) is 2.88. The van der Waals surface area contributed by atoms with E-state index >= 15 is 0 Å². The minimum Gasteiger partial charge on any atom is -0.493 e. The molecule has 1 aromatic rings. The standard InChI is InChI=1S/C25H41N5O3/c1-5-6-7-9-15-29(4)24(32)14-8-10-16-33-22-13-11-12-21-20(22)17-30(25(26)28-21)18-23(31)27-19(2)3/h11-13,19H,5-10,14-18H2,1-4H3,(H2,26,28)(H,27,31). The molecule has 8 heteroatoms. The van der Waals surface area contributed by atoms with Crippen LogP contribution in [0.4, 0.5) is 5.69 Å². The Balaban J connectivity index is 1.80. The van der Waals surface area contributed by atoms with Crippen molar-refractivity contribution in [3.63, 3.8) is 0 Å². The molecule has 2 amide bonds. The summed E-state index contributed by atoms with van der Waals surface area (Å²) in [5.41, 5.74) is 7.77. The molecule has 0 unspecified atom stereocenters. The zero-order valence-electron chi connectivity index (χ0n) is 20.7. The fourth-order valence-corrected chi connectivity index (χ4v) is 3.75. The number of rotatable bonds is 14. The number of amides is 2.